The van der Waals surface area contributed by atoms with E-state index >= 15 is 0 Å². The minimum Gasteiger partial charge on any atom is -0.454 e. The molecule has 0 aliphatic carbocycles. The minimum absolute atomic E-state index is 0.916. The lowest BCUT2D eigenvalue weighted by Gasteiger charge is -2.20. The number of ketones is 2. The molecule has 0 atom stereocenters. The fourth-order valence-corrected chi connectivity index (χ4v) is 0.834. The summed E-state index contributed by atoms with van der Waals surface area (Å²) in [5.74, 6) is -5.78. The van der Waals surface area contributed by atoms with Gasteiger partial charge in [0, 0.05) is 0 Å². The third-order valence-electron chi connectivity index (χ3n) is 1.37. The average Bonchev–Trinajstić information content (AvgIpc) is 2.09. The van der Waals surface area contributed by atoms with Gasteiger partial charge in [0.1, 0.15) is 11.2 Å². The smallest absolute Gasteiger partial charge is 0.384 e. The van der Waals surface area contributed by atoms with E-state index in [1.807, 2.05) is 0 Å². The Morgan fingerprint density at radius 3 is 1.00 bits per heavy atom. The van der Waals surface area contributed by atoms with Crippen molar-refractivity contribution in [3.05, 3.63) is 0 Å². The van der Waals surface area contributed by atoms with Crippen LogP contribution in [0.1, 0.15) is 41.5 Å². The number of esters is 2. The molecule has 0 aliphatic heterocycles. The molecule has 0 aliphatic rings. The Morgan fingerprint density at radius 1 is 0.611 bits per heavy atom. The Morgan fingerprint density at radius 2 is 0.833 bits per heavy atom. The average molecular weight is 258 g/mol. The fourth-order valence-electron chi connectivity index (χ4n) is 0.834. The molecule has 0 bridgehead atoms. The van der Waals surface area contributed by atoms with Crippen molar-refractivity contribution < 1.29 is 28.7 Å². The Bertz CT molecular complexity index is 342. The van der Waals surface area contributed by atoms with Gasteiger partial charge in [-0.15, -0.1) is 0 Å². The van der Waals surface area contributed by atoms with E-state index in [-0.39, 0.29) is 0 Å². The summed E-state index contributed by atoms with van der Waals surface area (Å²) in [7, 11) is 0. The Hall–Kier alpha value is -1.72. The van der Waals surface area contributed by atoms with Crippen LogP contribution in [0.4, 0.5) is 0 Å². The molecule has 0 unspecified atom stereocenters. The second-order valence-corrected chi connectivity index (χ2v) is 5.66. The van der Waals surface area contributed by atoms with Crippen LogP contribution in [-0.4, -0.2) is 34.7 Å². The van der Waals surface area contributed by atoms with Gasteiger partial charge in [0.2, 0.25) is 0 Å². The van der Waals surface area contributed by atoms with E-state index in [4.69, 9.17) is 0 Å². The van der Waals surface area contributed by atoms with E-state index in [2.05, 4.69) is 9.47 Å². The summed E-state index contributed by atoms with van der Waals surface area (Å²) in [5.41, 5.74) is -1.83. The van der Waals surface area contributed by atoms with Crippen molar-refractivity contribution >= 4 is 23.5 Å². The molecule has 0 aromatic carbocycles. The summed E-state index contributed by atoms with van der Waals surface area (Å²) in [6, 6.07) is 0. The molecule has 102 valence electrons. The molecule has 0 radical (unpaired) electrons. The molecular formula is C12H18O6. The first-order chi connectivity index (χ1) is 7.83. The lowest BCUT2D eigenvalue weighted by Crippen LogP contribution is -2.39. The van der Waals surface area contributed by atoms with Crippen LogP contribution in [0.3, 0.4) is 0 Å². The largest absolute Gasteiger partial charge is 0.454 e. The van der Waals surface area contributed by atoms with Crippen LogP contribution in [0.2, 0.25) is 0 Å². The molecule has 6 nitrogen and oxygen atoms in total. The third-order valence-corrected chi connectivity index (χ3v) is 1.37. The van der Waals surface area contributed by atoms with Crippen LogP contribution in [0.5, 0.6) is 0 Å². The monoisotopic (exact) mass is 258 g/mol. The van der Waals surface area contributed by atoms with Crippen molar-refractivity contribution in [2.24, 2.45) is 0 Å². The fraction of sp³-hybridized carbons (Fsp3) is 0.667. The predicted octanol–water partition coefficient (Wildman–Crippen LogP) is 0.808. The zero-order chi connectivity index (χ0) is 14.7. The predicted molar refractivity (Wildman–Crippen MR) is 61.7 cm³/mol. The van der Waals surface area contributed by atoms with Gasteiger partial charge in [-0.3, -0.25) is 9.59 Å². The van der Waals surface area contributed by atoms with Crippen molar-refractivity contribution in [2.45, 2.75) is 52.7 Å². The van der Waals surface area contributed by atoms with Crippen LogP contribution in [0.15, 0.2) is 0 Å². The number of carbonyl (C=O) groups is 4. The Labute approximate surface area is 106 Å². The van der Waals surface area contributed by atoms with Crippen LogP contribution in [0, 0.1) is 0 Å². The van der Waals surface area contributed by atoms with Crippen LogP contribution in [-0.2, 0) is 28.7 Å². The quantitative estimate of drug-likeness (QED) is 0.423. The highest BCUT2D eigenvalue weighted by Gasteiger charge is 2.35. The van der Waals surface area contributed by atoms with Crippen molar-refractivity contribution in [2.75, 3.05) is 0 Å². The van der Waals surface area contributed by atoms with Crippen molar-refractivity contribution in [3.63, 3.8) is 0 Å². The minimum atomic E-state index is -1.53. The normalized spacial score (nSPS) is 11.7. The number of Topliss-reactive ketones (excluding diaryl/α,β-unsaturated/α-hetero) is 2. The number of rotatable bonds is 3. The molecule has 0 saturated carbocycles. The van der Waals surface area contributed by atoms with Crippen LogP contribution >= 0.6 is 0 Å². The SMILES string of the molecule is CC(C)(C)OC(=O)C(=O)C(=O)C(=O)OC(C)(C)C. The van der Waals surface area contributed by atoms with Gasteiger partial charge in [-0.2, -0.15) is 0 Å². The highest BCUT2D eigenvalue weighted by atomic mass is 16.6. The Kier molecular flexibility index (Phi) is 4.78. The topological polar surface area (TPSA) is 86.7 Å². The van der Waals surface area contributed by atoms with E-state index in [1.165, 1.54) is 41.5 Å². The zero-order valence-corrected chi connectivity index (χ0v) is 11.4. The summed E-state index contributed by atoms with van der Waals surface area (Å²) >= 11 is 0. The molecule has 0 fully saturated rings. The molecule has 0 N–H and O–H groups in total. The molecule has 0 aromatic rings. The van der Waals surface area contributed by atoms with E-state index < -0.39 is 34.7 Å². The molecular weight excluding hydrogens is 240 g/mol. The first kappa shape index (κ1) is 16.3. The van der Waals surface area contributed by atoms with Gasteiger partial charge >= 0.3 is 23.5 Å². The molecule has 0 aromatic heterocycles. The molecule has 0 rings (SSSR count). The maximum Gasteiger partial charge on any atom is 0.384 e. The molecule has 0 saturated heterocycles. The Balaban J connectivity index is 4.67. The van der Waals surface area contributed by atoms with Gasteiger partial charge in [-0.1, -0.05) is 0 Å². The van der Waals surface area contributed by atoms with Gasteiger partial charge in [0.05, 0.1) is 0 Å². The van der Waals surface area contributed by atoms with Gasteiger partial charge in [0.25, 0.3) is 0 Å². The maximum absolute atomic E-state index is 11.3. The summed E-state index contributed by atoms with van der Waals surface area (Å²) < 4.78 is 9.37. The number of ether oxygens (including phenoxy) is 2. The van der Waals surface area contributed by atoms with Gasteiger partial charge in [-0.25, -0.2) is 9.59 Å². The van der Waals surface area contributed by atoms with E-state index in [1.54, 1.807) is 0 Å². The van der Waals surface area contributed by atoms with E-state index in [9.17, 15) is 19.2 Å². The summed E-state index contributed by atoms with van der Waals surface area (Å²) in [4.78, 5) is 45.2. The molecule has 0 heterocycles. The summed E-state index contributed by atoms with van der Waals surface area (Å²) in [5, 5.41) is 0. The summed E-state index contributed by atoms with van der Waals surface area (Å²) in [6.07, 6.45) is 0. The van der Waals surface area contributed by atoms with Crippen LogP contribution < -0.4 is 0 Å². The summed E-state index contributed by atoms with van der Waals surface area (Å²) in [6.45, 7) is 9.23. The lowest BCUT2D eigenvalue weighted by atomic mass is 10.1. The molecule has 18 heavy (non-hydrogen) atoms. The molecule has 0 spiro atoms. The first-order valence-corrected chi connectivity index (χ1v) is 5.38. The van der Waals surface area contributed by atoms with E-state index in [0.29, 0.717) is 0 Å². The third kappa shape index (κ3) is 6.12. The highest BCUT2D eigenvalue weighted by Crippen LogP contribution is 2.09. The second-order valence-electron chi connectivity index (χ2n) is 5.66. The van der Waals surface area contributed by atoms with Gasteiger partial charge in [0.15, 0.2) is 0 Å². The number of hydrogen-bond donors (Lipinski definition) is 0. The van der Waals surface area contributed by atoms with Crippen molar-refractivity contribution in [1.82, 2.24) is 0 Å². The first-order valence-electron chi connectivity index (χ1n) is 5.38. The molecule has 6 heteroatoms. The zero-order valence-electron chi connectivity index (χ0n) is 11.4. The maximum atomic E-state index is 11.3. The lowest BCUT2D eigenvalue weighted by molar-refractivity contribution is -0.171. The van der Waals surface area contributed by atoms with E-state index in [0.717, 1.165) is 0 Å². The van der Waals surface area contributed by atoms with Crippen LogP contribution in [0.25, 0.3) is 0 Å². The number of carbonyl (C=O) groups excluding carboxylic acids is 4. The highest BCUT2D eigenvalue weighted by molar-refractivity contribution is 6.76. The standard InChI is InChI=1S/C12H18O6/c1-11(2,3)17-9(15)7(13)8(14)10(16)18-12(4,5)6/h1-6H3. The van der Waals surface area contributed by atoms with Crippen molar-refractivity contribution in [3.8, 4) is 0 Å². The van der Waals surface area contributed by atoms with Gasteiger partial charge < -0.3 is 9.47 Å². The second kappa shape index (κ2) is 5.29. The van der Waals surface area contributed by atoms with Gasteiger partial charge in [-0.05, 0) is 41.5 Å². The number of hydrogen-bond acceptors (Lipinski definition) is 6. The molecule has 0 amide bonds. The van der Waals surface area contributed by atoms with Crippen molar-refractivity contribution in [1.29, 1.82) is 0 Å².